The van der Waals surface area contributed by atoms with Crippen molar-refractivity contribution in [3.63, 3.8) is 0 Å². The Labute approximate surface area is 104 Å². The van der Waals surface area contributed by atoms with Crippen LogP contribution in [-0.4, -0.2) is 49.2 Å². The zero-order valence-electron chi connectivity index (χ0n) is 11.0. The molecule has 0 aromatic carbocycles. The van der Waals surface area contributed by atoms with Crippen LogP contribution in [-0.2, 0) is 9.53 Å². The normalized spacial score (nSPS) is 32.4. The first kappa shape index (κ1) is 12.8. The number of piperidine rings is 2. The van der Waals surface area contributed by atoms with Gasteiger partial charge in [-0.25, -0.2) is 0 Å². The van der Waals surface area contributed by atoms with E-state index in [0.29, 0.717) is 0 Å². The quantitative estimate of drug-likeness (QED) is 0.735. The molecular formula is C13H24N2O2. The minimum absolute atomic E-state index is 0.0493. The number of carbonyl (C=O) groups is 1. The fourth-order valence-corrected chi connectivity index (χ4v) is 2.61. The van der Waals surface area contributed by atoms with Crippen LogP contribution in [0.5, 0.6) is 0 Å². The summed E-state index contributed by atoms with van der Waals surface area (Å²) in [6, 6.07) is 0. The van der Waals surface area contributed by atoms with Crippen LogP contribution in [0.2, 0.25) is 0 Å². The van der Waals surface area contributed by atoms with Crippen molar-refractivity contribution in [3.05, 3.63) is 0 Å². The summed E-state index contributed by atoms with van der Waals surface area (Å²) in [5.74, 6) is -0.0493. The monoisotopic (exact) mass is 240 g/mol. The van der Waals surface area contributed by atoms with Gasteiger partial charge in [0.2, 0.25) is 0 Å². The maximum atomic E-state index is 12.2. The van der Waals surface area contributed by atoms with Crippen LogP contribution in [0.15, 0.2) is 0 Å². The SMILES string of the molecule is CN1CCC(OC(=O)C2(C)CCCCN2)CC1. The molecule has 0 aromatic rings. The van der Waals surface area contributed by atoms with Crippen molar-refractivity contribution in [1.29, 1.82) is 0 Å². The minimum atomic E-state index is -0.443. The second-order valence-electron chi connectivity index (χ2n) is 5.62. The van der Waals surface area contributed by atoms with Gasteiger partial charge in [-0.3, -0.25) is 4.79 Å². The van der Waals surface area contributed by atoms with Gasteiger partial charge in [-0.15, -0.1) is 0 Å². The van der Waals surface area contributed by atoms with Gasteiger partial charge < -0.3 is 15.0 Å². The van der Waals surface area contributed by atoms with Gasteiger partial charge in [0, 0.05) is 13.1 Å². The molecular weight excluding hydrogens is 216 g/mol. The molecule has 98 valence electrons. The lowest BCUT2D eigenvalue weighted by Crippen LogP contribution is -2.54. The Balaban J connectivity index is 1.83. The number of ether oxygens (including phenoxy) is 1. The van der Waals surface area contributed by atoms with Crippen molar-refractivity contribution in [2.75, 3.05) is 26.7 Å². The molecule has 0 amide bonds. The Morgan fingerprint density at radius 3 is 2.65 bits per heavy atom. The summed E-state index contributed by atoms with van der Waals surface area (Å²) >= 11 is 0. The molecule has 0 bridgehead atoms. The van der Waals surface area contributed by atoms with Gasteiger partial charge in [-0.2, -0.15) is 0 Å². The average Bonchev–Trinajstić information content (AvgIpc) is 2.33. The van der Waals surface area contributed by atoms with E-state index in [2.05, 4.69) is 17.3 Å². The van der Waals surface area contributed by atoms with Crippen molar-refractivity contribution in [2.45, 2.75) is 50.7 Å². The van der Waals surface area contributed by atoms with Crippen molar-refractivity contribution < 1.29 is 9.53 Å². The summed E-state index contributed by atoms with van der Waals surface area (Å²) < 4.78 is 5.65. The molecule has 1 unspecified atom stereocenters. The molecule has 2 saturated heterocycles. The molecule has 1 N–H and O–H groups in total. The van der Waals surface area contributed by atoms with Gasteiger partial charge in [0.15, 0.2) is 0 Å². The van der Waals surface area contributed by atoms with Crippen molar-refractivity contribution in [1.82, 2.24) is 10.2 Å². The number of esters is 1. The van der Waals surface area contributed by atoms with Gasteiger partial charge >= 0.3 is 5.97 Å². The Morgan fingerprint density at radius 2 is 2.06 bits per heavy atom. The minimum Gasteiger partial charge on any atom is -0.461 e. The number of hydrogen-bond acceptors (Lipinski definition) is 4. The first-order chi connectivity index (χ1) is 8.10. The lowest BCUT2D eigenvalue weighted by molar-refractivity contribution is -0.159. The summed E-state index contributed by atoms with van der Waals surface area (Å²) in [4.78, 5) is 14.5. The molecule has 2 fully saturated rings. The third-order valence-corrected chi connectivity index (χ3v) is 4.01. The van der Waals surface area contributed by atoms with E-state index in [4.69, 9.17) is 4.74 Å². The second-order valence-corrected chi connectivity index (χ2v) is 5.62. The maximum absolute atomic E-state index is 12.2. The van der Waals surface area contributed by atoms with Crippen LogP contribution in [0.25, 0.3) is 0 Å². The summed E-state index contributed by atoms with van der Waals surface area (Å²) in [7, 11) is 2.11. The molecule has 0 aromatic heterocycles. The molecule has 0 saturated carbocycles. The van der Waals surface area contributed by atoms with Crippen molar-refractivity contribution in [2.24, 2.45) is 0 Å². The fourth-order valence-electron chi connectivity index (χ4n) is 2.61. The lowest BCUT2D eigenvalue weighted by Gasteiger charge is -2.35. The molecule has 0 aliphatic carbocycles. The van der Waals surface area contributed by atoms with Gasteiger partial charge in [-0.05, 0) is 52.6 Å². The molecule has 4 nitrogen and oxygen atoms in total. The zero-order chi connectivity index (χ0) is 12.3. The number of rotatable bonds is 2. The van der Waals surface area contributed by atoms with Gasteiger partial charge in [0.05, 0.1) is 0 Å². The maximum Gasteiger partial charge on any atom is 0.326 e. The van der Waals surface area contributed by atoms with E-state index >= 15 is 0 Å². The van der Waals surface area contributed by atoms with E-state index in [-0.39, 0.29) is 12.1 Å². The Hall–Kier alpha value is -0.610. The smallest absolute Gasteiger partial charge is 0.326 e. The Kier molecular flexibility index (Phi) is 4.05. The van der Waals surface area contributed by atoms with Crippen molar-refractivity contribution >= 4 is 5.97 Å². The van der Waals surface area contributed by atoms with Crippen LogP contribution in [0.4, 0.5) is 0 Å². The topological polar surface area (TPSA) is 41.6 Å². The zero-order valence-corrected chi connectivity index (χ0v) is 11.0. The van der Waals surface area contributed by atoms with Crippen molar-refractivity contribution in [3.8, 4) is 0 Å². The van der Waals surface area contributed by atoms with E-state index in [1.165, 1.54) is 0 Å². The first-order valence-electron chi connectivity index (χ1n) is 6.75. The highest BCUT2D eigenvalue weighted by atomic mass is 16.5. The highest BCUT2D eigenvalue weighted by Gasteiger charge is 2.37. The van der Waals surface area contributed by atoms with E-state index in [9.17, 15) is 4.79 Å². The standard InChI is InChI=1S/C13H24N2O2/c1-13(7-3-4-8-14-13)12(16)17-11-5-9-15(2)10-6-11/h11,14H,3-10H2,1-2H3. The highest BCUT2D eigenvalue weighted by molar-refractivity contribution is 5.80. The van der Waals surface area contributed by atoms with E-state index in [0.717, 1.165) is 51.7 Å². The van der Waals surface area contributed by atoms with E-state index in [1.54, 1.807) is 0 Å². The number of carbonyl (C=O) groups excluding carboxylic acids is 1. The molecule has 2 rings (SSSR count). The number of nitrogens with zero attached hydrogens (tertiary/aromatic N) is 1. The number of hydrogen-bond donors (Lipinski definition) is 1. The van der Waals surface area contributed by atoms with Gasteiger partial charge in [-0.1, -0.05) is 0 Å². The van der Waals surface area contributed by atoms with Crippen LogP contribution >= 0.6 is 0 Å². The Bertz CT molecular complexity index is 267. The third kappa shape index (κ3) is 3.19. The fraction of sp³-hybridized carbons (Fsp3) is 0.923. The predicted molar refractivity (Wildman–Crippen MR) is 66.9 cm³/mol. The summed E-state index contributed by atoms with van der Waals surface area (Å²) in [6.45, 7) is 4.96. The molecule has 1 atom stereocenters. The van der Waals surface area contributed by atoms with E-state index < -0.39 is 5.54 Å². The van der Waals surface area contributed by atoms with Crippen LogP contribution in [0.3, 0.4) is 0 Å². The average molecular weight is 240 g/mol. The van der Waals surface area contributed by atoms with Gasteiger partial charge in [0.1, 0.15) is 11.6 Å². The summed E-state index contributed by atoms with van der Waals surface area (Å²) in [5.41, 5.74) is -0.443. The van der Waals surface area contributed by atoms with Crippen LogP contribution in [0.1, 0.15) is 39.0 Å². The largest absolute Gasteiger partial charge is 0.461 e. The molecule has 0 radical (unpaired) electrons. The summed E-state index contributed by atoms with van der Waals surface area (Å²) in [6.07, 6.45) is 5.25. The molecule has 2 aliphatic heterocycles. The predicted octanol–water partition coefficient (Wildman–Crippen LogP) is 1.16. The molecule has 17 heavy (non-hydrogen) atoms. The third-order valence-electron chi connectivity index (χ3n) is 4.01. The molecule has 2 aliphatic rings. The van der Waals surface area contributed by atoms with Crippen LogP contribution in [0, 0.1) is 0 Å². The highest BCUT2D eigenvalue weighted by Crippen LogP contribution is 2.22. The molecule has 2 heterocycles. The number of likely N-dealkylation sites (tertiary alicyclic amines) is 1. The summed E-state index contributed by atoms with van der Waals surface area (Å²) in [5, 5.41) is 3.31. The van der Waals surface area contributed by atoms with Crippen LogP contribution < -0.4 is 5.32 Å². The first-order valence-corrected chi connectivity index (χ1v) is 6.75. The van der Waals surface area contributed by atoms with E-state index in [1.807, 2.05) is 6.92 Å². The van der Waals surface area contributed by atoms with Gasteiger partial charge in [0.25, 0.3) is 0 Å². The molecule has 0 spiro atoms. The Morgan fingerprint density at radius 1 is 1.35 bits per heavy atom. The molecule has 4 heteroatoms. The number of nitrogens with one attached hydrogen (secondary N) is 1. The lowest BCUT2D eigenvalue weighted by atomic mass is 9.91. The second kappa shape index (κ2) is 5.36.